The van der Waals surface area contributed by atoms with Gasteiger partial charge in [0.2, 0.25) is 11.6 Å². The Hall–Kier alpha value is -4.90. The fourth-order valence-electron chi connectivity index (χ4n) is 4.86. The maximum Gasteiger partial charge on any atom is 0.379 e. The van der Waals surface area contributed by atoms with Gasteiger partial charge in [-0.05, 0) is 56.0 Å². The Bertz CT molecular complexity index is 1680. The lowest BCUT2D eigenvalue weighted by atomic mass is 9.83. The molecule has 8 nitrogen and oxygen atoms in total. The number of nitrogens with zero attached hydrogens (tertiary/aromatic N) is 1. The van der Waals surface area contributed by atoms with Crippen molar-refractivity contribution in [1.29, 1.82) is 5.26 Å². The monoisotopic (exact) mass is 552 g/mol. The van der Waals surface area contributed by atoms with Gasteiger partial charge in [0.1, 0.15) is 28.7 Å². The molecule has 0 fully saturated rings. The minimum atomic E-state index is -0.623. The number of esters is 1. The number of ether oxygens (including phenoxy) is 4. The van der Waals surface area contributed by atoms with Gasteiger partial charge in [0.05, 0.1) is 19.1 Å². The molecule has 0 radical (unpaired) electrons. The van der Waals surface area contributed by atoms with Gasteiger partial charge in [0.25, 0.3) is 0 Å². The number of para-hydroxylation sites is 1. The molecule has 2 N–H and O–H groups in total. The highest BCUT2D eigenvalue weighted by atomic mass is 16.5. The Labute approximate surface area is 238 Å². The molecule has 0 aliphatic carbocycles. The van der Waals surface area contributed by atoms with E-state index in [9.17, 15) is 10.1 Å². The van der Waals surface area contributed by atoms with Crippen LogP contribution in [0.3, 0.4) is 0 Å². The molecule has 1 aromatic heterocycles. The summed E-state index contributed by atoms with van der Waals surface area (Å²) in [5, 5.41) is 10.8. The molecular formula is C33H32N2O6. The minimum Gasteiger partial charge on any atom is -0.490 e. The van der Waals surface area contributed by atoms with Crippen LogP contribution >= 0.6 is 0 Å². The zero-order valence-corrected chi connectivity index (χ0v) is 23.5. The lowest BCUT2D eigenvalue weighted by molar-refractivity contribution is 0.0702. The number of nitrogens with two attached hydrogens (primary N) is 1. The van der Waals surface area contributed by atoms with Crippen molar-refractivity contribution in [2.45, 2.75) is 40.0 Å². The molecule has 2 heterocycles. The van der Waals surface area contributed by atoms with Crippen molar-refractivity contribution < 1.29 is 28.2 Å². The van der Waals surface area contributed by atoms with Crippen molar-refractivity contribution >= 4 is 16.9 Å². The van der Waals surface area contributed by atoms with Gasteiger partial charge in [-0.15, -0.1) is 0 Å². The van der Waals surface area contributed by atoms with E-state index in [1.165, 1.54) is 0 Å². The maximum absolute atomic E-state index is 13.0. The Morgan fingerprint density at radius 3 is 2.61 bits per heavy atom. The number of hydrogen-bond donors (Lipinski definition) is 1. The van der Waals surface area contributed by atoms with Crippen molar-refractivity contribution in [3.63, 3.8) is 0 Å². The van der Waals surface area contributed by atoms with Gasteiger partial charge in [0.15, 0.2) is 11.5 Å². The molecule has 0 saturated carbocycles. The number of carbonyl (C=O) groups is 1. The SMILES string of the molecule is CCOc1cc(C2C(C#N)=C(N)Oc3cc(OC(=O)c4oc5ccccc5c4C)ccc32)ccc1OCCC(C)C. The first-order valence-corrected chi connectivity index (χ1v) is 13.6. The van der Waals surface area contributed by atoms with Crippen LogP contribution in [0.5, 0.6) is 23.0 Å². The average Bonchev–Trinajstić information content (AvgIpc) is 3.29. The van der Waals surface area contributed by atoms with E-state index >= 15 is 0 Å². The lowest BCUT2D eigenvalue weighted by Gasteiger charge is -2.27. The van der Waals surface area contributed by atoms with Crippen molar-refractivity contribution in [2.75, 3.05) is 13.2 Å². The summed E-state index contributed by atoms with van der Waals surface area (Å²) in [6.45, 7) is 9.03. The molecular weight excluding hydrogens is 520 g/mol. The van der Waals surface area contributed by atoms with Crippen LogP contribution in [0.25, 0.3) is 11.0 Å². The maximum atomic E-state index is 13.0. The number of aryl methyl sites for hydroxylation is 1. The second-order valence-corrected chi connectivity index (χ2v) is 10.2. The summed E-state index contributed by atoms with van der Waals surface area (Å²) in [5.74, 6) is 1.35. The first-order valence-electron chi connectivity index (χ1n) is 13.6. The molecule has 0 spiro atoms. The van der Waals surface area contributed by atoms with E-state index in [0.29, 0.717) is 53.1 Å². The number of hydrogen-bond acceptors (Lipinski definition) is 8. The van der Waals surface area contributed by atoms with E-state index in [2.05, 4.69) is 19.9 Å². The number of furan rings is 1. The van der Waals surface area contributed by atoms with Gasteiger partial charge in [-0.1, -0.05) is 44.2 Å². The number of nitriles is 1. The lowest BCUT2D eigenvalue weighted by Crippen LogP contribution is -2.21. The summed E-state index contributed by atoms with van der Waals surface area (Å²) < 4.78 is 29.1. The summed E-state index contributed by atoms with van der Waals surface area (Å²) in [6.07, 6.45) is 0.918. The summed E-state index contributed by atoms with van der Waals surface area (Å²) in [5.41, 5.74) is 9.29. The summed E-state index contributed by atoms with van der Waals surface area (Å²) >= 11 is 0. The van der Waals surface area contributed by atoms with Crippen LogP contribution in [-0.2, 0) is 0 Å². The molecule has 3 aromatic carbocycles. The van der Waals surface area contributed by atoms with Gasteiger partial charge < -0.3 is 29.1 Å². The van der Waals surface area contributed by atoms with Gasteiger partial charge in [0, 0.05) is 22.6 Å². The first kappa shape index (κ1) is 27.7. The van der Waals surface area contributed by atoms with Crippen LogP contribution < -0.4 is 24.7 Å². The van der Waals surface area contributed by atoms with Gasteiger partial charge in [-0.25, -0.2) is 4.79 Å². The molecule has 1 aliphatic rings. The van der Waals surface area contributed by atoms with Crippen LogP contribution in [0.15, 0.2) is 76.5 Å². The van der Waals surface area contributed by atoms with E-state index < -0.39 is 11.9 Å². The number of rotatable bonds is 9. The largest absolute Gasteiger partial charge is 0.490 e. The van der Waals surface area contributed by atoms with E-state index in [1.54, 1.807) is 24.3 Å². The first-order chi connectivity index (χ1) is 19.8. The molecule has 41 heavy (non-hydrogen) atoms. The second-order valence-electron chi connectivity index (χ2n) is 10.2. The average molecular weight is 553 g/mol. The Kier molecular flexibility index (Phi) is 7.88. The van der Waals surface area contributed by atoms with Crippen molar-refractivity contribution in [3.8, 4) is 29.1 Å². The van der Waals surface area contributed by atoms with Gasteiger partial charge in [-0.2, -0.15) is 5.26 Å². The normalized spacial score (nSPS) is 14.4. The summed E-state index contributed by atoms with van der Waals surface area (Å²) in [4.78, 5) is 13.0. The molecule has 5 rings (SSSR count). The molecule has 0 amide bonds. The topological polar surface area (TPSA) is 117 Å². The molecule has 8 heteroatoms. The van der Waals surface area contributed by atoms with Crippen LogP contribution in [0, 0.1) is 24.2 Å². The predicted octanol–water partition coefficient (Wildman–Crippen LogP) is 7.00. The smallest absolute Gasteiger partial charge is 0.379 e. The zero-order valence-electron chi connectivity index (χ0n) is 23.5. The number of carbonyl (C=O) groups excluding carboxylic acids is 1. The van der Waals surface area contributed by atoms with Crippen LogP contribution in [0.1, 0.15) is 60.4 Å². The van der Waals surface area contributed by atoms with Gasteiger partial charge in [-0.3, -0.25) is 0 Å². The Morgan fingerprint density at radius 2 is 1.88 bits per heavy atom. The fourth-order valence-corrected chi connectivity index (χ4v) is 4.86. The van der Waals surface area contributed by atoms with Crippen LogP contribution in [0.2, 0.25) is 0 Å². The highest BCUT2D eigenvalue weighted by Crippen LogP contribution is 2.45. The number of benzene rings is 3. The number of allylic oxidation sites excluding steroid dienone is 1. The van der Waals surface area contributed by atoms with Crippen molar-refractivity contribution in [1.82, 2.24) is 0 Å². The van der Waals surface area contributed by atoms with Crippen LogP contribution in [0.4, 0.5) is 0 Å². The minimum absolute atomic E-state index is 0.0168. The van der Waals surface area contributed by atoms with E-state index in [4.69, 9.17) is 29.1 Å². The third-order valence-corrected chi connectivity index (χ3v) is 6.98. The molecule has 0 saturated heterocycles. The molecule has 210 valence electrons. The quantitative estimate of drug-likeness (QED) is 0.174. The highest BCUT2D eigenvalue weighted by Gasteiger charge is 2.32. The summed E-state index contributed by atoms with van der Waals surface area (Å²) in [6, 6.07) is 20.3. The van der Waals surface area contributed by atoms with Crippen LogP contribution in [-0.4, -0.2) is 19.2 Å². The second kappa shape index (κ2) is 11.7. The van der Waals surface area contributed by atoms with E-state index in [1.807, 2.05) is 50.2 Å². The van der Waals surface area contributed by atoms with Crippen molar-refractivity contribution in [2.24, 2.45) is 11.7 Å². The molecule has 1 unspecified atom stereocenters. The zero-order chi connectivity index (χ0) is 29.1. The van der Waals surface area contributed by atoms with Gasteiger partial charge >= 0.3 is 5.97 Å². The van der Waals surface area contributed by atoms with E-state index in [0.717, 1.165) is 17.4 Å². The third kappa shape index (κ3) is 5.57. The molecule has 1 aliphatic heterocycles. The Morgan fingerprint density at radius 1 is 1.07 bits per heavy atom. The Balaban J connectivity index is 1.46. The van der Waals surface area contributed by atoms with E-state index in [-0.39, 0.29) is 23.0 Å². The molecule has 4 aromatic rings. The summed E-state index contributed by atoms with van der Waals surface area (Å²) in [7, 11) is 0. The molecule has 1 atom stereocenters. The highest BCUT2D eigenvalue weighted by molar-refractivity contribution is 5.96. The fraction of sp³-hybridized carbons (Fsp3) is 0.273. The third-order valence-electron chi connectivity index (χ3n) is 6.98. The standard InChI is InChI=1S/C33H32N2O6/c1-5-37-29-16-21(10-13-27(29)38-15-14-19(2)3)30-24-12-11-22(17-28(24)41-32(35)25(30)18-34)39-33(36)31-20(4)23-8-6-7-9-26(23)40-31/h6-13,16-17,19,30H,5,14-15,35H2,1-4H3. The van der Waals surface area contributed by atoms with Crippen molar-refractivity contribution in [3.05, 3.63) is 94.6 Å². The molecule has 0 bridgehead atoms. The predicted molar refractivity (Wildman–Crippen MR) is 154 cm³/mol. The number of fused-ring (bicyclic) bond motifs is 2.